The zero-order chi connectivity index (χ0) is 18.4. The Hall–Kier alpha value is -3.03. The van der Waals surface area contributed by atoms with E-state index in [9.17, 15) is 9.59 Å². The predicted octanol–water partition coefficient (Wildman–Crippen LogP) is 0.661. The summed E-state index contributed by atoms with van der Waals surface area (Å²) in [6.07, 6.45) is 4.74. The molecule has 1 aliphatic rings. The first kappa shape index (κ1) is 16.4. The number of aromatic nitrogens is 4. The van der Waals surface area contributed by atoms with E-state index >= 15 is 0 Å². The molecule has 0 saturated carbocycles. The van der Waals surface area contributed by atoms with Crippen molar-refractivity contribution in [3.8, 4) is 0 Å². The zero-order valence-corrected chi connectivity index (χ0v) is 15.1. The molecule has 26 heavy (non-hydrogen) atoms. The van der Waals surface area contributed by atoms with E-state index in [-0.39, 0.29) is 17.3 Å². The van der Waals surface area contributed by atoms with Gasteiger partial charge in [0.05, 0.1) is 5.52 Å². The standard InChI is InChI=1S/C18H22N6O2/c1-21-8-5-12-4-7-19-17(16(12)21)20-13-6-9-24(11-13)14-10-15(25)23(3)18(26)22(14)2/h4-5,7-8,10,13H,6,9,11H2,1-3H3,(H,19,20)/t13-/m0/s1. The van der Waals surface area contributed by atoms with Crippen molar-refractivity contribution in [2.45, 2.75) is 12.5 Å². The van der Waals surface area contributed by atoms with E-state index in [1.807, 2.05) is 25.5 Å². The van der Waals surface area contributed by atoms with Gasteiger partial charge in [0.2, 0.25) is 0 Å². The van der Waals surface area contributed by atoms with Gasteiger partial charge < -0.3 is 14.8 Å². The number of fused-ring (bicyclic) bond motifs is 1. The quantitative estimate of drug-likeness (QED) is 0.748. The molecule has 0 aromatic carbocycles. The summed E-state index contributed by atoms with van der Waals surface area (Å²) in [7, 11) is 5.20. The van der Waals surface area contributed by atoms with Crippen LogP contribution < -0.4 is 21.5 Å². The van der Waals surface area contributed by atoms with Crippen molar-refractivity contribution < 1.29 is 0 Å². The maximum atomic E-state index is 12.2. The average molecular weight is 354 g/mol. The largest absolute Gasteiger partial charge is 0.364 e. The predicted molar refractivity (Wildman–Crippen MR) is 102 cm³/mol. The Labute approximate surface area is 150 Å². The number of nitrogens with zero attached hydrogens (tertiary/aromatic N) is 5. The Balaban J connectivity index is 1.59. The third kappa shape index (κ3) is 2.58. The van der Waals surface area contributed by atoms with E-state index in [0.29, 0.717) is 12.4 Å². The van der Waals surface area contributed by atoms with Gasteiger partial charge in [0.15, 0.2) is 5.82 Å². The van der Waals surface area contributed by atoms with E-state index < -0.39 is 0 Å². The Bertz CT molecular complexity index is 1090. The van der Waals surface area contributed by atoms with Gasteiger partial charge in [-0.25, -0.2) is 9.78 Å². The number of hydrogen-bond donors (Lipinski definition) is 1. The number of aryl methyl sites for hydroxylation is 1. The summed E-state index contributed by atoms with van der Waals surface area (Å²) in [5.74, 6) is 1.52. The molecule has 4 rings (SSSR count). The molecule has 0 aliphatic carbocycles. The van der Waals surface area contributed by atoms with Crippen molar-refractivity contribution in [2.24, 2.45) is 21.1 Å². The second-order valence-corrected chi connectivity index (χ2v) is 6.84. The van der Waals surface area contributed by atoms with Crippen molar-refractivity contribution in [2.75, 3.05) is 23.3 Å². The topological polar surface area (TPSA) is 77.1 Å². The van der Waals surface area contributed by atoms with Crippen LogP contribution in [0, 0.1) is 0 Å². The zero-order valence-electron chi connectivity index (χ0n) is 15.1. The smallest absolute Gasteiger partial charge is 0.332 e. The van der Waals surface area contributed by atoms with Crippen molar-refractivity contribution in [3.63, 3.8) is 0 Å². The summed E-state index contributed by atoms with van der Waals surface area (Å²) in [4.78, 5) is 30.7. The van der Waals surface area contributed by atoms with Crippen LogP contribution in [0.15, 0.2) is 40.2 Å². The Morgan fingerprint density at radius 3 is 2.77 bits per heavy atom. The summed E-state index contributed by atoms with van der Waals surface area (Å²) in [5, 5.41) is 4.67. The van der Waals surface area contributed by atoms with Gasteiger partial charge in [-0.15, -0.1) is 0 Å². The molecule has 4 heterocycles. The number of pyridine rings is 1. The van der Waals surface area contributed by atoms with Gasteiger partial charge in [-0.1, -0.05) is 0 Å². The molecule has 1 N–H and O–H groups in total. The maximum Gasteiger partial charge on any atom is 0.332 e. The number of rotatable bonds is 3. The van der Waals surface area contributed by atoms with Crippen molar-refractivity contribution in [1.82, 2.24) is 18.7 Å². The van der Waals surface area contributed by atoms with Crippen LogP contribution in [0.25, 0.3) is 10.9 Å². The highest BCUT2D eigenvalue weighted by atomic mass is 16.2. The molecule has 8 heteroatoms. The molecule has 0 amide bonds. The lowest BCUT2D eigenvalue weighted by atomic mass is 10.2. The van der Waals surface area contributed by atoms with Gasteiger partial charge in [-0.05, 0) is 18.6 Å². The molecule has 1 fully saturated rings. The highest BCUT2D eigenvalue weighted by Gasteiger charge is 2.26. The molecule has 1 atom stereocenters. The molecule has 1 saturated heterocycles. The fraction of sp³-hybridized carbons (Fsp3) is 0.389. The Morgan fingerprint density at radius 1 is 1.15 bits per heavy atom. The van der Waals surface area contributed by atoms with Crippen molar-refractivity contribution in [3.05, 3.63) is 51.4 Å². The third-order valence-electron chi connectivity index (χ3n) is 5.14. The number of hydrogen-bond acceptors (Lipinski definition) is 5. The second-order valence-electron chi connectivity index (χ2n) is 6.84. The minimum absolute atomic E-state index is 0.196. The Morgan fingerprint density at radius 2 is 1.96 bits per heavy atom. The van der Waals surface area contributed by atoms with E-state index in [1.165, 1.54) is 17.7 Å². The van der Waals surface area contributed by atoms with Crippen molar-refractivity contribution >= 4 is 22.5 Å². The fourth-order valence-corrected chi connectivity index (χ4v) is 3.65. The van der Waals surface area contributed by atoms with Crippen LogP contribution in [-0.4, -0.2) is 37.8 Å². The van der Waals surface area contributed by atoms with Gasteiger partial charge in [0.1, 0.15) is 5.82 Å². The van der Waals surface area contributed by atoms with E-state index in [0.717, 1.165) is 34.3 Å². The molecule has 0 bridgehead atoms. The summed E-state index contributed by atoms with van der Waals surface area (Å²) < 4.78 is 4.71. The van der Waals surface area contributed by atoms with E-state index in [4.69, 9.17) is 0 Å². The molecular formula is C18H22N6O2. The lowest BCUT2D eigenvalue weighted by Crippen LogP contribution is -2.40. The molecule has 0 unspecified atom stereocenters. The van der Waals surface area contributed by atoms with Crippen LogP contribution in [0.4, 0.5) is 11.6 Å². The first-order valence-electron chi connectivity index (χ1n) is 8.64. The Kier molecular flexibility index (Phi) is 3.82. The fourth-order valence-electron chi connectivity index (χ4n) is 3.65. The average Bonchev–Trinajstić information content (AvgIpc) is 3.24. The lowest BCUT2D eigenvalue weighted by Gasteiger charge is -2.22. The van der Waals surface area contributed by atoms with E-state index in [1.54, 1.807) is 7.05 Å². The van der Waals surface area contributed by atoms with E-state index in [2.05, 4.69) is 25.8 Å². The highest BCUT2D eigenvalue weighted by Crippen LogP contribution is 2.25. The molecule has 136 valence electrons. The van der Waals surface area contributed by atoms with Gasteiger partial charge in [0, 0.05) is 64.1 Å². The molecule has 8 nitrogen and oxygen atoms in total. The molecule has 3 aromatic heterocycles. The summed E-state index contributed by atoms with van der Waals surface area (Å²) in [6.45, 7) is 1.49. The van der Waals surface area contributed by atoms with Crippen LogP contribution >= 0.6 is 0 Å². The molecule has 3 aromatic rings. The summed E-state index contributed by atoms with van der Waals surface area (Å²) in [6, 6.07) is 5.79. The van der Waals surface area contributed by atoms with Gasteiger partial charge in [-0.2, -0.15) is 0 Å². The summed E-state index contributed by atoms with van der Waals surface area (Å²) >= 11 is 0. The lowest BCUT2D eigenvalue weighted by molar-refractivity contribution is 0.672. The normalized spacial score (nSPS) is 17.2. The van der Waals surface area contributed by atoms with Crippen LogP contribution in [0.5, 0.6) is 0 Å². The van der Waals surface area contributed by atoms with Crippen LogP contribution in [0.3, 0.4) is 0 Å². The first-order valence-corrected chi connectivity index (χ1v) is 8.64. The molecular weight excluding hydrogens is 332 g/mol. The number of anilines is 2. The first-order chi connectivity index (χ1) is 12.5. The van der Waals surface area contributed by atoms with Crippen LogP contribution in [0.2, 0.25) is 0 Å². The molecule has 0 spiro atoms. The van der Waals surface area contributed by atoms with Crippen LogP contribution in [0.1, 0.15) is 6.42 Å². The highest BCUT2D eigenvalue weighted by molar-refractivity contribution is 5.89. The van der Waals surface area contributed by atoms with Crippen LogP contribution in [-0.2, 0) is 21.1 Å². The monoisotopic (exact) mass is 354 g/mol. The second kappa shape index (κ2) is 6.05. The minimum Gasteiger partial charge on any atom is -0.364 e. The van der Waals surface area contributed by atoms with Crippen molar-refractivity contribution in [1.29, 1.82) is 0 Å². The van der Waals surface area contributed by atoms with Gasteiger partial charge in [-0.3, -0.25) is 13.9 Å². The minimum atomic E-state index is -0.306. The SMILES string of the molecule is Cn1c(N2CC[C@H](Nc3nccc4ccn(C)c34)C2)cc(=O)n(C)c1=O. The summed E-state index contributed by atoms with van der Waals surface area (Å²) in [5.41, 5.74) is 0.487. The third-order valence-corrected chi connectivity index (χ3v) is 5.14. The maximum absolute atomic E-state index is 12.2. The number of nitrogens with one attached hydrogen (secondary N) is 1. The van der Waals surface area contributed by atoms with Gasteiger partial charge >= 0.3 is 5.69 Å². The molecule has 1 aliphatic heterocycles. The molecule has 0 radical (unpaired) electrons. The van der Waals surface area contributed by atoms with Gasteiger partial charge in [0.25, 0.3) is 5.56 Å².